The second-order valence-electron chi connectivity index (χ2n) is 4.85. The lowest BCUT2D eigenvalue weighted by Gasteiger charge is -2.38. The number of rotatable bonds is 3. The molecule has 0 spiro atoms. The Morgan fingerprint density at radius 1 is 1.13 bits per heavy atom. The van der Waals surface area contributed by atoms with E-state index in [0.717, 1.165) is 30.5 Å². The zero-order valence-electron chi connectivity index (χ0n) is 9.46. The molecule has 2 heterocycles. The molecule has 2 aliphatic rings. The van der Waals surface area contributed by atoms with Crippen LogP contribution in [0.1, 0.15) is 32.1 Å². The van der Waals surface area contributed by atoms with Gasteiger partial charge in [-0.2, -0.15) is 0 Å². The Morgan fingerprint density at radius 3 is 2.67 bits per heavy atom. The maximum atomic E-state index is 5.41. The number of hydrogen-bond donors (Lipinski definition) is 0. The van der Waals surface area contributed by atoms with Crippen LogP contribution in [0.25, 0.3) is 0 Å². The third-order valence-corrected chi connectivity index (χ3v) is 4.51. The molecule has 0 radical (unpaired) electrons. The Kier molecular flexibility index (Phi) is 4.92. The van der Waals surface area contributed by atoms with Gasteiger partial charge >= 0.3 is 0 Å². The van der Waals surface area contributed by atoms with Gasteiger partial charge in [0, 0.05) is 31.1 Å². The van der Waals surface area contributed by atoms with E-state index in [-0.39, 0.29) is 0 Å². The number of piperidine rings is 1. The number of alkyl halides is 1. The van der Waals surface area contributed by atoms with E-state index in [1.807, 2.05) is 0 Å². The average molecular weight is 276 g/mol. The van der Waals surface area contributed by atoms with Crippen molar-refractivity contribution in [3.63, 3.8) is 0 Å². The Hall–Kier alpha value is 0.400. The molecule has 15 heavy (non-hydrogen) atoms. The molecule has 2 fully saturated rings. The maximum Gasteiger partial charge on any atom is 0.0469 e. The predicted molar refractivity (Wildman–Crippen MR) is 66.5 cm³/mol. The lowest BCUT2D eigenvalue weighted by molar-refractivity contribution is 0.0415. The van der Waals surface area contributed by atoms with Gasteiger partial charge in [0.2, 0.25) is 0 Å². The molecule has 1 atom stereocenters. The summed E-state index contributed by atoms with van der Waals surface area (Å²) in [6, 6.07) is 0.793. The van der Waals surface area contributed by atoms with Crippen LogP contribution in [-0.2, 0) is 4.74 Å². The first kappa shape index (κ1) is 11.9. The molecule has 0 aliphatic carbocycles. The molecule has 0 aromatic rings. The van der Waals surface area contributed by atoms with Crippen LogP contribution in [0, 0.1) is 5.92 Å². The molecule has 0 N–H and O–H groups in total. The van der Waals surface area contributed by atoms with Gasteiger partial charge in [0.1, 0.15) is 0 Å². The highest BCUT2D eigenvalue weighted by Gasteiger charge is 2.24. The number of ether oxygens (including phenoxy) is 1. The van der Waals surface area contributed by atoms with Crippen LogP contribution in [0.2, 0.25) is 0 Å². The smallest absolute Gasteiger partial charge is 0.0469 e. The second kappa shape index (κ2) is 6.21. The molecule has 2 nitrogen and oxygen atoms in total. The fourth-order valence-corrected chi connectivity index (χ4v) is 3.47. The second-order valence-corrected chi connectivity index (χ2v) is 5.50. The molecule has 0 aromatic heterocycles. The van der Waals surface area contributed by atoms with Gasteiger partial charge in [-0.05, 0) is 38.1 Å². The van der Waals surface area contributed by atoms with Crippen LogP contribution in [-0.4, -0.2) is 42.6 Å². The Labute approximate surface area is 101 Å². The van der Waals surface area contributed by atoms with Crippen molar-refractivity contribution in [1.29, 1.82) is 0 Å². The van der Waals surface area contributed by atoms with Gasteiger partial charge in [-0.1, -0.05) is 22.4 Å². The van der Waals surface area contributed by atoms with Crippen molar-refractivity contribution in [2.24, 2.45) is 5.92 Å². The number of hydrogen-bond acceptors (Lipinski definition) is 2. The first-order chi connectivity index (χ1) is 7.40. The summed E-state index contributed by atoms with van der Waals surface area (Å²) in [6.07, 6.45) is 6.73. The number of likely N-dealkylation sites (tertiary alicyclic amines) is 1. The molecule has 2 aliphatic heterocycles. The van der Waals surface area contributed by atoms with E-state index < -0.39 is 0 Å². The van der Waals surface area contributed by atoms with Gasteiger partial charge in [-0.3, -0.25) is 4.90 Å². The first-order valence-electron chi connectivity index (χ1n) is 6.28. The normalized spacial score (nSPS) is 30.6. The SMILES string of the molecule is BrCC1CCCCN1CC1CCOCC1. The summed E-state index contributed by atoms with van der Waals surface area (Å²) in [6.45, 7) is 4.59. The highest BCUT2D eigenvalue weighted by molar-refractivity contribution is 9.09. The van der Waals surface area contributed by atoms with Gasteiger partial charge in [0.25, 0.3) is 0 Å². The van der Waals surface area contributed by atoms with Crippen molar-refractivity contribution >= 4 is 15.9 Å². The van der Waals surface area contributed by atoms with Crippen LogP contribution in [0.4, 0.5) is 0 Å². The Morgan fingerprint density at radius 2 is 1.93 bits per heavy atom. The minimum Gasteiger partial charge on any atom is -0.381 e. The van der Waals surface area contributed by atoms with Crippen molar-refractivity contribution in [3.05, 3.63) is 0 Å². The summed E-state index contributed by atoms with van der Waals surface area (Å²) < 4.78 is 5.41. The summed E-state index contributed by atoms with van der Waals surface area (Å²) in [5.74, 6) is 0.887. The topological polar surface area (TPSA) is 12.5 Å². The number of nitrogens with zero attached hydrogens (tertiary/aromatic N) is 1. The molecular formula is C12H22BrNO. The molecule has 1 unspecified atom stereocenters. The molecule has 0 saturated carbocycles. The molecule has 0 amide bonds. The molecular weight excluding hydrogens is 254 g/mol. The standard InChI is InChI=1S/C12H22BrNO/c13-9-12-3-1-2-6-14(12)10-11-4-7-15-8-5-11/h11-12H,1-10H2. The van der Waals surface area contributed by atoms with E-state index in [1.54, 1.807) is 0 Å². The summed E-state index contributed by atoms with van der Waals surface area (Å²) in [7, 11) is 0. The van der Waals surface area contributed by atoms with E-state index >= 15 is 0 Å². The summed E-state index contributed by atoms with van der Waals surface area (Å²) >= 11 is 3.65. The highest BCUT2D eigenvalue weighted by Crippen LogP contribution is 2.23. The molecule has 2 rings (SSSR count). The quantitative estimate of drug-likeness (QED) is 0.735. The van der Waals surface area contributed by atoms with Gasteiger partial charge < -0.3 is 4.74 Å². The zero-order chi connectivity index (χ0) is 10.5. The molecule has 0 bridgehead atoms. The molecule has 88 valence electrons. The molecule has 3 heteroatoms. The van der Waals surface area contributed by atoms with Gasteiger partial charge in [-0.15, -0.1) is 0 Å². The van der Waals surface area contributed by atoms with Crippen molar-refractivity contribution in [2.45, 2.75) is 38.1 Å². The number of halogens is 1. The third kappa shape index (κ3) is 3.43. The summed E-state index contributed by atoms with van der Waals surface area (Å²) in [5, 5.41) is 1.15. The summed E-state index contributed by atoms with van der Waals surface area (Å²) in [5.41, 5.74) is 0. The Bertz CT molecular complexity index is 182. The van der Waals surface area contributed by atoms with Crippen LogP contribution < -0.4 is 0 Å². The van der Waals surface area contributed by atoms with Crippen molar-refractivity contribution in [3.8, 4) is 0 Å². The van der Waals surface area contributed by atoms with Crippen molar-refractivity contribution in [1.82, 2.24) is 4.90 Å². The monoisotopic (exact) mass is 275 g/mol. The summed E-state index contributed by atoms with van der Waals surface area (Å²) in [4.78, 5) is 2.70. The minimum absolute atomic E-state index is 0.793. The highest BCUT2D eigenvalue weighted by atomic mass is 79.9. The maximum absolute atomic E-state index is 5.41. The third-order valence-electron chi connectivity index (χ3n) is 3.76. The molecule has 2 saturated heterocycles. The predicted octanol–water partition coefficient (Wildman–Crippen LogP) is 2.66. The van der Waals surface area contributed by atoms with Crippen LogP contribution >= 0.6 is 15.9 Å². The Balaban J connectivity index is 1.79. The van der Waals surface area contributed by atoms with E-state index in [9.17, 15) is 0 Å². The first-order valence-corrected chi connectivity index (χ1v) is 7.40. The van der Waals surface area contributed by atoms with Crippen molar-refractivity contribution in [2.75, 3.05) is 31.6 Å². The van der Waals surface area contributed by atoms with Gasteiger partial charge in [0.05, 0.1) is 0 Å². The van der Waals surface area contributed by atoms with E-state index in [0.29, 0.717) is 0 Å². The minimum atomic E-state index is 0.793. The van der Waals surface area contributed by atoms with E-state index in [2.05, 4.69) is 20.8 Å². The van der Waals surface area contributed by atoms with Crippen LogP contribution in [0.3, 0.4) is 0 Å². The van der Waals surface area contributed by atoms with Gasteiger partial charge in [0.15, 0.2) is 0 Å². The van der Waals surface area contributed by atoms with E-state index in [1.165, 1.54) is 45.2 Å². The molecule has 0 aromatic carbocycles. The lowest BCUT2D eigenvalue weighted by Crippen LogP contribution is -2.44. The fraction of sp³-hybridized carbons (Fsp3) is 1.00. The lowest BCUT2D eigenvalue weighted by atomic mass is 9.96. The van der Waals surface area contributed by atoms with Crippen molar-refractivity contribution < 1.29 is 4.74 Å². The van der Waals surface area contributed by atoms with Gasteiger partial charge in [-0.25, -0.2) is 0 Å². The fourth-order valence-electron chi connectivity index (χ4n) is 2.74. The average Bonchev–Trinajstić information content (AvgIpc) is 2.31. The van der Waals surface area contributed by atoms with Crippen LogP contribution in [0.15, 0.2) is 0 Å². The van der Waals surface area contributed by atoms with E-state index in [4.69, 9.17) is 4.74 Å². The zero-order valence-corrected chi connectivity index (χ0v) is 11.0. The van der Waals surface area contributed by atoms with Crippen LogP contribution in [0.5, 0.6) is 0 Å². The largest absolute Gasteiger partial charge is 0.381 e.